The van der Waals surface area contributed by atoms with Crippen LogP contribution in [-0.4, -0.2) is 59.8 Å². The quantitative estimate of drug-likeness (QED) is 0.195. The highest BCUT2D eigenvalue weighted by Crippen LogP contribution is 2.47. The molecule has 5 heterocycles. The zero-order valence-electron chi connectivity index (χ0n) is 25.4. The van der Waals surface area contributed by atoms with Gasteiger partial charge in [-0.05, 0) is 62.4 Å². The van der Waals surface area contributed by atoms with Gasteiger partial charge in [0.1, 0.15) is 11.3 Å². The Morgan fingerprint density at radius 2 is 1.55 bits per heavy atom. The van der Waals surface area contributed by atoms with Crippen molar-refractivity contribution in [3.8, 4) is 28.7 Å². The van der Waals surface area contributed by atoms with Crippen molar-refractivity contribution in [2.24, 2.45) is 0 Å². The van der Waals surface area contributed by atoms with E-state index in [1.165, 1.54) is 24.5 Å². The predicted octanol–water partition coefficient (Wildman–Crippen LogP) is 6.33. The average molecular weight is 703 g/mol. The van der Waals surface area contributed by atoms with E-state index < -0.39 is 35.9 Å². The number of methoxy groups -OCH3 is 1. The molecule has 3 aromatic carbocycles. The second kappa shape index (κ2) is 11.3. The molecular formula is C32H26F4N4O8S. The van der Waals surface area contributed by atoms with Crippen molar-refractivity contribution in [2.75, 3.05) is 22.6 Å². The normalized spacial score (nSPS) is 22.6. The molecule has 2 saturated heterocycles. The number of carbonyl (C=O) groups is 2. The van der Waals surface area contributed by atoms with Crippen molar-refractivity contribution in [1.29, 1.82) is 0 Å². The minimum absolute atomic E-state index is 0.00366. The summed E-state index contributed by atoms with van der Waals surface area (Å²) in [7, 11) is 1.39. The number of carbonyl (C=O) groups excluding carboxylic acids is 2. The summed E-state index contributed by atoms with van der Waals surface area (Å²) in [5, 5.41) is 16.2. The van der Waals surface area contributed by atoms with E-state index in [9.17, 15) is 32.3 Å². The number of nitrogens with one attached hydrogen (secondary N) is 2. The van der Waals surface area contributed by atoms with E-state index in [4.69, 9.17) is 9.72 Å². The summed E-state index contributed by atoms with van der Waals surface area (Å²) < 4.78 is 79.1. The lowest BCUT2D eigenvalue weighted by Crippen LogP contribution is -2.53. The summed E-state index contributed by atoms with van der Waals surface area (Å²) in [6.45, 7) is 0. The highest BCUT2D eigenvalue weighted by molar-refractivity contribution is 7.22. The lowest BCUT2D eigenvalue weighted by molar-refractivity contribution is -0.287. The number of ether oxygens (including phenoxy) is 5. The molecule has 2 fully saturated rings. The SMILES string of the molecule is COc1ccc2nc(N3C4CCCC3CC(O)C4)sc2c1C(=O)Nc1cc2c(cc1C(=O)Nc1ccc3c(c1)OC(F)(F)O3)OC(F)(F)O2. The Balaban J connectivity index is 1.14. The van der Waals surface area contributed by atoms with E-state index in [1.54, 1.807) is 12.1 Å². The van der Waals surface area contributed by atoms with Crippen LogP contribution in [0.4, 0.5) is 34.1 Å². The van der Waals surface area contributed by atoms with E-state index in [0.717, 1.165) is 43.5 Å². The van der Waals surface area contributed by atoms with Crippen LogP contribution >= 0.6 is 11.3 Å². The first-order valence-electron chi connectivity index (χ1n) is 15.3. The lowest BCUT2D eigenvalue weighted by atomic mass is 9.83. The first-order chi connectivity index (χ1) is 23.4. The summed E-state index contributed by atoms with van der Waals surface area (Å²) in [5.74, 6) is -2.95. The van der Waals surface area contributed by atoms with Gasteiger partial charge in [0, 0.05) is 29.9 Å². The second-order valence-corrected chi connectivity index (χ2v) is 13.0. The molecule has 4 aliphatic rings. The Hall–Kier alpha value is -5.03. The van der Waals surface area contributed by atoms with Crippen molar-refractivity contribution >= 4 is 49.9 Å². The summed E-state index contributed by atoms with van der Waals surface area (Å²) in [6.07, 6.45) is -4.19. The van der Waals surface area contributed by atoms with Crippen molar-refractivity contribution in [3.63, 3.8) is 0 Å². The molecular weight excluding hydrogens is 676 g/mol. The summed E-state index contributed by atoms with van der Waals surface area (Å²) in [4.78, 5) is 34.7. The van der Waals surface area contributed by atoms with Gasteiger partial charge in [-0.3, -0.25) is 9.59 Å². The highest BCUT2D eigenvalue weighted by atomic mass is 32.1. The van der Waals surface area contributed by atoms with Gasteiger partial charge in [0.15, 0.2) is 28.1 Å². The van der Waals surface area contributed by atoms with Crippen molar-refractivity contribution in [1.82, 2.24) is 4.98 Å². The molecule has 49 heavy (non-hydrogen) atoms. The molecule has 0 saturated carbocycles. The number of aromatic nitrogens is 1. The van der Waals surface area contributed by atoms with Crippen molar-refractivity contribution < 1.29 is 55.9 Å². The van der Waals surface area contributed by atoms with Crippen LogP contribution in [0.2, 0.25) is 0 Å². The smallest absolute Gasteiger partial charge is 0.496 e. The summed E-state index contributed by atoms with van der Waals surface area (Å²) >= 11 is 1.29. The topological polar surface area (TPSA) is 141 Å². The highest BCUT2D eigenvalue weighted by Gasteiger charge is 2.45. The molecule has 2 bridgehead atoms. The minimum atomic E-state index is -4.03. The molecule has 256 valence electrons. The fourth-order valence-electron chi connectivity index (χ4n) is 6.82. The van der Waals surface area contributed by atoms with Gasteiger partial charge in [-0.15, -0.1) is 17.6 Å². The number of rotatable bonds is 6. The molecule has 12 nitrogen and oxygen atoms in total. The molecule has 2 atom stereocenters. The number of fused-ring (bicyclic) bond motifs is 5. The van der Waals surface area contributed by atoms with Gasteiger partial charge in [0.2, 0.25) is 0 Å². The third kappa shape index (κ3) is 5.65. The van der Waals surface area contributed by atoms with Crippen LogP contribution in [0.15, 0.2) is 42.5 Å². The zero-order valence-corrected chi connectivity index (χ0v) is 26.2. The summed E-state index contributed by atoms with van der Waals surface area (Å²) in [5.41, 5.74) is 0.0817. The van der Waals surface area contributed by atoms with Gasteiger partial charge >= 0.3 is 12.6 Å². The maximum atomic E-state index is 14.1. The average Bonchev–Trinajstić information content (AvgIpc) is 3.69. The Kier molecular flexibility index (Phi) is 7.18. The van der Waals surface area contributed by atoms with Crippen LogP contribution in [-0.2, 0) is 0 Å². The third-order valence-corrected chi connectivity index (χ3v) is 9.92. The molecule has 2 unspecified atom stereocenters. The van der Waals surface area contributed by atoms with Gasteiger partial charge in [-0.1, -0.05) is 11.3 Å². The van der Waals surface area contributed by atoms with Crippen LogP contribution in [0.25, 0.3) is 10.2 Å². The molecule has 17 heteroatoms. The molecule has 0 aliphatic carbocycles. The number of halogens is 4. The molecule has 0 spiro atoms. The standard InChI is InChI=1S/C32H26F4N4O8S/c1-44-22-8-6-19-27(49-30(39-19)40-15-3-2-4-16(40)11-17(41)10-15)26(22)29(43)38-20-13-25-24(47-32(35,36)48-25)12-18(20)28(42)37-14-5-7-21-23(9-14)46-31(33,34)45-21/h5-9,12-13,15-17,41H,2-4,10-11H2,1H3,(H,37,42)(H,38,43). The number of aliphatic hydroxyl groups is 1. The molecule has 2 amide bonds. The molecule has 0 radical (unpaired) electrons. The van der Waals surface area contributed by atoms with E-state index in [0.29, 0.717) is 28.2 Å². The number of aliphatic hydroxyl groups excluding tert-OH is 1. The Labute approximate surface area is 278 Å². The van der Waals surface area contributed by atoms with Crippen molar-refractivity contribution in [3.05, 3.63) is 53.6 Å². The van der Waals surface area contributed by atoms with Crippen LogP contribution in [0.3, 0.4) is 0 Å². The molecule has 3 N–H and O–H groups in total. The van der Waals surface area contributed by atoms with Crippen LogP contribution in [0.5, 0.6) is 28.7 Å². The number of piperidine rings is 2. The molecule has 1 aromatic heterocycles. The third-order valence-electron chi connectivity index (χ3n) is 8.82. The van der Waals surface area contributed by atoms with E-state index in [1.807, 2.05) is 0 Å². The first kappa shape index (κ1) is 31.3. The van der Waals surface area contributed by atoms with Gasteiger partial charge in [-0.2, -0.15) is 0 Å². The number of hydrogen-bond donors (Lipinski definition) is 3. The first-order valence-corrected chi connectivity index (χ1v) is 16.1. The number of anilines is 3. The van der Waals surface area contributed by atoms with E-state index in [-0.39, 0.29) is 57.9 Å². The van der Waals surface area contributed by atoms with E-state index in [2.05, 4.69) is 34.5 Å². The number of alkyl halides is 4. The summed E-state index contributed by atoms with van der Waals surface area (Å²) in [6, 6.07) is 9.03. The second-order valence-electron chi connectivity index (χ2n) is 12.0. The minimum Gasteiger partial charge on any atom is -0.496 e. The Morgan fingerprint density at radius 3 is 2.24 bits per heavy atom. The largest absolute Gasteiger partial charge is 0.586 e. The number of thiazole rings is 1. The fraction of sp³-hybridized carbons (Fsp3) is 0.344. The Bertz CT molecular complexity index is 2010. The molecule has 4 aliphatic heterocycles. The monoisotopic (exact) mass is 702 g/mol. The number of amides is 2. The fourth-order valence-corrected chi connectivity index (χ4v) is 8.06. The molecule has 8 rings (SSSR count). The van der Waals surface area contributed by atoms with Crippen LogP contribution in [0, 0.1) is 0 Å². The van der Waals surface area contributed by atoms with Gasteiger partial charge < -0.3 is 44.3 Å². The van der Waals surface area contributed by atoms with Crippen LogP contribution in [0.1, 0.15) is 52.8 Å². The van der Waals surface area contributed by atoms with E-state index >= 15 is 0 Å². The predicted molar refractivity (Wildman–Crippen MR) is 167 cm³/mol. The van der Waals surface area contributed by atoms with Crippen LogP contribution < -0.4 is 39.2 Å². The van der Waals surface area contributed by atoms with Gasteiger partial charge in [-0.25, -0.2) is 4.98 Å². The molecule has 4 aromatic rings. The lowest BCUT2D eigenvalue weighted by Gasteiger charge is -2.47. The number of nitrogens with zero attached hydrogens (tertiary/aromatic N) is 2. The Morgan fingerprint density at radius 1 is 0.898 bits per heavy atom. The van der Waals surface area contributed by atoms with Crippen molar-refractivity contribution in [2.45, 2.75) is 62.9 Å². The maximum Gasteiger partial charge on any atom is 0.586 e. The van der Waals surface area contributed by atoms with Gasteiger partial charge in [0.05, 0.1) is 34.7 Å². The maximum absolute atomic E-state index is 14.1. The number of hydrogen-bond acceptors (Lipinski definition) is 11. The zero-order chi connectivity index (χ0) is 34.2. The number of benzene rings is 3. The van der Waals surface area contributed by atoms with Gasteiger partial charge in [0.25, 0.3) is 11.8 Å².